The Hall–Kier alpha value is -0.900. The zero-order valence-corrected chi connectivity index (χ0v) is 9.87. The van der Waals surface area contributed by atoms with Crippen LogP contribution in [-0.4, -0.2) is 35.8 Å². The van der Waals surface area contributed by atoms with Gasteiger partial charge in [0.05, 0.1) is 0 Å². The van der Waals surface area contributed by atoms with Gasteiger partial charge in [0.15, 0.2) is 0 Å². The van der Waals surface area contributed by atoms with Gasteiger partial charge in [-0.1, -0.05) is 6.92 Å². The van der Waals surface area contributed by atoms with E-state index in [0.29, 0.717) is 31.3 Å². The Bertz CT molecular complexity index is 271. The van der Waals surface area contributed by atoms with Crippen LogP contribution in [0.5, 0.6) is 0 Å². The Kier molecular flexibility index (Phi) is 3.59. The van der Waals surface area contributed by atoms with Gasteiger partial charge in [0.1, 0.15) is 0 Å². The molecule has 1 aliphatic carbocycles. The second-order valence-corrected chi connectivity index (χ2v) is 4.80. The SMILES string of the molecule is CCCNC(CN1C(=O)CCC1=O)C1CC1. The number of likely N-dealkylation sites (tertiary alicyclic amines) is 1. The summed E-state index contributed by atoms with van der Waals surface area (Å²) in [6.07, 6.45) is 4.37. The summed E-state index contributed by atoms with van der Waals surface area (Å²) in [5, 5.41) is 3.45. The van der Waals surface area contributed by atoms with E-state index in [1.807, 2.05) is 0 Å². The van der Waals surface area contributed by atoms with E-state index < -0.39 is 0 Å². The van der Waals surface area contributed by atoms with E-state index >= 15 is 0 Å². The average molecular weight is 224 g/mol. The summed E-state index contributed by atoms with van der Waals surface area (Å²) in [5.41, 5.74) is 0. The highest BCUT2D eigenvalue weighted by Gasteiger charge is 2.36. The maximum absolute atomic E-state index is 11.5. The van der Waals surface area contributed by atoms with Gasteiger partial charge in [0, 0.05) is 25.4 Å². The molecule has 1 saturated carbocycles. The molecule has 1 N–H and O–H groups in total. The molecule has 1 heterocycles. The van der Waals surface area contributed by atoms with Crippen molar-refractivity contribution in [2.75, 3.05) is 13.1 Å². The molecule has 4 heteroatoms. The summed E-state index contributed by atoms with van der Waals surface area (Å²) in [6.45, 7) is 3.68. The molecule has 2 aliphatic rings. The molecule has 0 spiro atoms. The third-order valence-electron chi connectivity index (χ3n) is 3.38. The first-order valence-electron chi connectivity index (χ1n) is 6.29. The third kappa shape index (κ3) is 2.61. The van der Waals surface area contributed by atoms with Gasteiger partial charge in [-0.3, -0.25) is 14.5 Å². The Morgan fingerprint density at radius 3 is 2.44 bits per heavy atom. The Morgan fingerprint density at radius 2 is 1.94 bits per heavy atom. The van der Waals surface area contributed by atoms with Crippen LogP contribution >= 0.6 is 0 Å². The van der Waals surface area contributed by atoms with Crippen LogP contribution in [0.25, 0.3) is 0 Å². The monoisotopic (exact) mass is 224 g/mol. The van der Waals surface area contributed by atoms with Crippen molar-refractivity contribution in [3.05, 3.63) is 0 Å². The lowest BCUT2D eigenvalue weighted by Crippen LogP contribution is -2.44. The molecule has 0 bridgehead atoms. The van der Waals surface area contributed by atoms with E-state index in [2.05, 4.69) is 12.2 Å². The van der Waals surface area contributed by atoms with Gasteiger partial charge in [0.2, 0.25) is 11.8 Å². The highest BCUT2D eigenvalue weighted by Crippen LogP contribution is 2.33. The molecule has 0 aromatic heterocycles. The first kappa shape index (κ1) is 11.6. The van der Waals surface area contributed by atoms with Gasteiger partial charge in [-0.2, -0.15) is 0 Å². The number of rotatable bonds is 6. The molecule has 1 atom stereocenters. The first-order valence-corrected chi connectivity index (χ1v) is 6.29. The van der Waals surface area contributed by atoms with Gasteiger partial charge < -0.3 is 5.32 Å². The van der Waals surface area contributed by atoms with Crippen molar-refractivity contribution in [2.45, 2.75) is 45.1 Å². The number of hydrogen-bond donors (Lipinski definition) is 1. The van der Waals surface area contributed by atoms with Gasteiger partial charge in [-0.05, 0) is 31.7 Å². The summed E-state index contributed by atoms with van der Waals surface area (Å²) in [5.74, 6) is 0.690. The maximum atomic E-state index is 11.5. The van der Waals surface area contributed by atoms with E-state index in [1.54, 1.807) is 0 Å². The van der Waals surface area contributed by atoms with Gasteiger partial charge in [-0.25, -0.2) is 0 Å². The molecule has 90 valence electrons. The molecular formula is C12H20N2O2. The van der Waals surface area contributed by atoms with Crippen LogP contribution in [0, 0.1) is 5.92 Å². The largest absolute Gasteiger partial charge is 0.312 e. The predicted octanol–water partition coefficient (Wildman–Crippen LogP) is 0.914. The van der Waals surface area contributed by atoms with Crippen molar-refractivity contribution in [3.8, 4) is 0 Å². The lowest BCUT2D eigenvalue weighted by Gasteiger charge is -2.23. The second kappa shape index (κ2) is 4.95. The van der Waals surface area contributed by atoms with E-state index in [4.69, 9.17) is 0 Å². The highest BCUT2D eigenvalue weighted by atomic mass is 16.2. The minimum Gasteiger partial charge on any atom is -0.312 e. The number of amides is 2. The number of imide groups is 1. The maximum Gasteiger partial charge on any atom is 0.229 e. The number of carbonyl (C=O) groups is 2. The standard InChI is InChI=1S/C12H20N2O2/c1-2-7-13-10(9-3-4-9)8-14-11(15)5-6-12(14)16/h9-10,13H,2-8H2,1H3. The molecule has 1 saturated heterocycles. The van der Waals surface area contributed by atoms with E-state index in [0.717, 1.165) is 13.0 Å². The summed E-state index contributed by atoms with van der Waals surface area (Å²) in [4.78, 5) is 24.5. The highest BCUT2D eigenvalue weighted by molar-refractivity contribution is 6.01. The van der Waals surface area contributed by atoms with Gasteiger partial charge >= 0.3 is 0 Å². The third-order valence-corrected chi connectivity index (χ3v) is 3.38. The molecule has 0 aromatic rings. The van der Waals surface area contributed by atoms with Gasteiger partial charge in [0.25, 0.3) is 0 Å². The fourth-order valence-corrected chi connectivity index (χ4v) is 2.23. The lowest BCUT2D eigenvalue weighted by molar-refractivity contribution is -0.138. The molecule has 0 aromatic carbocycles. The summed E-state index contributed by atoms with van der Waals surface area (Å²) >= 11 is 0. The van der Waals surface area contributed by atoms with E-state index in [-0.39, 0.29) is 11.8 Å². The van der Waals surface area contributed by atoms with Crippen LogP contribution in [0.15, 0.2) is 0 Å². The number of nitrogens with zero attached hydrogens (tertiary/aromatic N) is 1. The molecule has 2 amide bonds. The minimum atomic E-state index is 0.00829. The van der Waals surface area contributed by atoms with E-state index in [1.165, 1.54) is 17.7 Å². The molecule has 16 heavy (non-hydrogen) atoms. The molecule has 1 unspecified atom stereocenters. The zero-order valence-electron chi connectivity index (χ0n) is 9.87. The Balaban J connectivity index is 1.88. The lowest BCUT2D eigenvalue weighted by atomic mass is 10.1. The van der Waals surface area contributed by atoms with Crippen LogP contribution in [-0.2, 0) is 9.59 Å². The molecule has 1 aliphatic heterocycles. The quantitative estimate of drug-likeness (QED) is 0.682. The fraction of sp³-hybridized carbons (Fsp3) is 0.833. The Labute approximate surface area is 96.4 Å². The average Bonchev–Trinajstić information content (AvgIpc) is 3.05. The fourth-order valence-electron chi connectivity index (χ4n) is 2.23. The van der Waals surface area contributed by atoms with Crippen LogP contribution in [0.2, 0.25) is 0 Å². The summed E-state index contributed by atoms with van der Waals surface area (Å²) < 4.78 is 0. The van der Waals surface area contributed by atoms with E-state index in [9.17, 15) is 9.59 Å². The van der Waals surface area contributed by atoms with Gasteiger partial charge in [-0.15, -0.1) is 0 Å². The van der Waals surface area contributed by atoms with Crippen LogP contribution < -0.4 is 5.32 Å². The molecule has 2 fully saturated rings. The van der Waals surface area contributed by atoms with Crippen molar-refractivity contribution < 1.29 is 9.59 Å². The van der Waals surface area contributed by atoms with Crippen LogP contribution in [0.1, 0.15) is 39.0 Å². The topological polar surface area (TPSA) is 49.4 Å². The smallest absolute Gasteiger partial charge is 0.229 e. The number of carbonyl (C=O) groups excluding carboxylic acids is 2. The minimum absolute atomic E-state index is 0.00829. The van der Waals surface area contributed by atoms with Crippen molar-refractivity contribution in [2.24, 2.45) is 5.92 Å². The summed E-state index contributed by atoms with van der Waals surface area (Å²) in [7, 11) is 0. The second-order valence-electron chi connectivity index (χ2n) is 4.80. The predicted molar refractivity (Wildman–Crippen MR) is 60.8 cm³/mol. The van der Waals surface area contributed by atoms with Crippen LogP contribution in [0.4, 0.5) is 0 Å². The van der Waals surface area contributed by atoms with Crippen molar-refractivity contribution in [3.63, 3.8) is 0 Å². The van der Waals surface area contributed by atoms with Crippen molar-refractivity contribution in [1.82, 2.24) is 10.2 Å². The number of hydrogen-bond acceptors (Lipinski definition) is 3. The van der Waals surface area contributed by atoms with Crippen LogP contribution in [0.3, 0.4) is 0 Å². The zero-order chi connectivity index (χ0) is 11.5. The number of nitrogens with one attached hydrogen (secondary N) is 1. The molecule has 2 rings (SSSR count). The molecule has 0 radical (unpaired) electrons. The first-order chi connectivity index (χ1) is 7.72. The molecule has 4 nitrogen and oxygen atoms in total. The van der Waals surface area contributed by atoms with Crippen molar-refractivity contribution in [1.29, 1.82) is 0 Å². The Morgan fingerprint density at radius 1 is 1.31 bits per heavy atom. The summed E-state index contributed by atoms with van der Waals surface area (Å²) in [6, 6.07) is 0.325. The van der Waals surface area contributed by atoms with Crippen molar-refractivity contribution >= 4 is 11.8 Å². The molecular weight excluding hydrogens is 204 g/mol. The normalized spacial score (nSPS) is 22.9.